The highest BCUT2D eigenvalue weighted by atomic mass is 79.9. The zero-order chi connectivity index (χ0) is 20.3. The monoisotopic (exact) mass is 484 g/mol. The van der Waals surface area contributed by atoms with E-state index < -0.39 is 21.7 Å². The Kier molecular flexibility index (Phi) is 6.06. The number of benzene rings is 2. The molecular formula is C17H14BrFN4O3S2. The molecule has 11 heteroatoms. The van der Waals surface area contributed by atoms with E-state index in [-0.39, 0.29) is 15.6 Å². The van der Waals surface area contributed by atoms with Crippen molar-refractivity contribution in [2.45, 2.75) is 18.2 Å². The summed E-state index contributed by atoms with van der Waals surface area (Å²) in [5.74, 6) is -1.31. The van der Waals surface area contributed by atoms with Crippen molar-refractivity contribution in [1.29, 1.82) is 0 Å². The molecule has 0 aliphatic rings. The van der Waals surface area contributed by atoms with Gasteiger partial charge in [0.05, 0.1) is 10.5 Å². The van der Waals surface area contributed by atoms with Gasteiger partial charge < -0.3 is 5.32 Å². The fourth-order valence-electron chi connectivity index (χ4n) is 2.20. The number of aryl methyl sites for hydroxylation is 1. The SMILES string of the molecule is CCc1nnc(NS(=O)(=O)c2ccc(NC(=O)c3ccc(Br)cc3F)cc2)s1. The molecule has 7 nitrogen and oxygen atoms in total. The number of halogens is 2. The number of anilines is 2. The third-order valence-corrected chi connectivity index (χ3v) is 6.55. The van der Waals surface area contributed by atoms with Crippen LogP contribution in [0.5, 0.6) is 0 Å². The van der Waals surface area contributed by atoms with Crippen molar-refractivity contribution in [3.63, 3.8) is 0 Å². The number of sulfonamides is 1. The lowest BCUT2D eigenvalue weighted by Crippen LogP contribution is -2.15. The van der Waals surface area contributed by atoms with E-state index >= 15 is 0 Å². The van der Waals surface area contributed by atoms with E-state index in [9.17, 15) is 17.6 Å². The Morgan fingerprint density at radius 2 is 1.89 bits per heavy atom. The van der Waals surface area contributed by atoms with Crippen LogP contribution >= 0.6 is 27.3 Å². The number of nitrogens with zero attached hydrogens (tertiary/aromatic N) is 2. The van der Waals surface area contributed by atoms with Crippen LogP contribution in [0.2, 0.25) is 0 Å². The molecule has 0 atom stereocenters. The predicted octanol–water partition coefficient (Wildman–Crippen LogP) is 4.06. The van der Waals surface area contributed by atoms with Crippen molar-refractivity contribution >= 4 is 54.0 Å². The van der Waals surface area contributed by atoms with Crippen molar-refractivity contribution in [3.05, 3.63) is 63.3 Å². The summed E-state index contributed by atoms with van der Waals surface area (Å²) < 4.78 is 41.6. The number of rotatable bonds is 6. The lowest BCUT2D eigenvalue weighted by molar-refractivity contribution is 0.102. The molecule has 0 aliphatic carbocycles. The van der Waals surface area contributed by atoms with Gasteiger partial charge in [-0.1, -0.05) is 34.2 Å². The van der Waals surface area contributed by atoms with E-state index in [0.717, 1.165) is 16.3 Å². The van der Waals surface area contributed by atoms with E-state index in [1.165, 1.54) is 36.4 Å². The molecule has 1 amide bonds. The Balaban J connectivity index is 1.72. The first-order valence-corrected chi connectivity index (χ1v) is 11.1. The molecule has 1 aromatic heterocycles. The standard InChI is InChI=1S/C17H14BrFN4O3S2/c1-2-15-21-22-17(27-15)23-28(25,26)12-6-4-11(5-7-12)20-16(24)13-8-3-10(18)9-14(13)19/h3-9H,2H2,1H3,(H,20,24)(H,22,23). The Labute approximate surface area is 173 Å². The second kappa shape index (κ2) is 8.33. The number of hydrogen-bond acceptors (Lipinski definition) is 6. The molecule has 146 valence electrons. The molecular weight excluding hydrogens is 471 g/mol. The minimum absolute atomic E-state index is 0.00595. The maximum atomic E-state index is 13.9. The van der Waals surface area contributed by atoms with Crippen LogP contribution in [0.25, 0.3) is 0 Å². The van der Waals surface area contributed by atoms with Crippen LogP contribution in [0.3, 0.4) is 0 Å². The van der Waals surface area contributed by atoms with Crippen LogP contribution in [-0.2, 0) is 16.4 Å². The molecule has 0 aliphatic heterocycles. The van der Waals surface area contributed by atoms with Crippen molar-refractivity contribution in [1.82, 2.24) is 10.2 Å². The van der Waals surface area contributed by atoms with Crippen molar-refractivity contribution < 1.29 is 17.6 Å². The Bertz CT molecular complexity index is 1120. The number of amides is 1. The number of carbonyl (C=O) groups is 1. The van der Waals surface area contributed by atoms with Crippen LogP contribution in [0.1, 0.15) is 22.3 Å². The normalized spacial score (nSPS) is 11.2. The third kappa shape index (κ3) is 4.72. The number of nitrogens with one attached hydrogen (secondary N) is 2. The summed E-state index contributed by atoms with van der Waals surface area (Å²) in [6.45, 7) is 1.89. The van der Waals surface area contributed by atoms with Crippen molar-refractivity contribution in [2.75, 3.05) is 10.0 Å². The fourth-order valence-corrected chi connectivity index (χ4v) is 4.44. The molecule has 0 unspecified atom stereocenters. The molecule has 1 heterocycles. The highest BCUT2D eigenvalue weighted by Crippen LogP contribution is 2.22. The minimum atomic E-state index is -3.84. The summed E-state index contributed by atoms with van der Waals surface area (Å²) >= 11 is 4.28. The second-order valence-corrected chi connectivity index (χ2v) is 9.22. The van der Waals surface area contributed by atoms with Gasteiger partial charge in [-0.05, 0) is 48.9 Å². The van der Waals surface area contributed by atoms with E-state index in [0.29, 0.717) is 16.6 Å². The summed E-state index contributed by atoms with van der Waals surface area (Å²) in [6.07, 6.45) is 0.659. The maximum Gasteiger partial charge on any atom is 0.263 e. The van der Waals surface area contributed by atoms with Gasteiger partial charge in [-0.3, -0.25) is 9.52 Å². The number of hydrogen-bond donors (Lipinski definition) is 2. The molecule has 0 saturated carbocycles. The largest absolute Gasteiger partial charge is 0.322 e. The zero-order valence-corrected chi connectivity index (χ0v) is 17.7. The molecule has 0 saturated heterocycles. The molecule has 0 radical (unpaired) electrons. The topological polar surface area (TPSA) is 101 Å². The number of aromatic nitrogens is 2. The van der Waals surface area contributed by atoms with Gasteiger partial charge in [-0.25, -0.2) is 12.8 Å². The molecule has 2 N–H and O–H groups in total. The quantitative estimate of drug-likeness (QED) is 0.549. The predicted molar refractivity (Wildman–Crippen MR) is 109 cm³/mol. The summed E-state index contributed by atoms with van der Waals surface area (Å²) in [6, 6.07) is 9.59. The van der Waals surface area contributed by atoms with Crippen LogP contribution in [0.15, 0.2) is 51.8 Å². The Morgan fingerprint density at radius 3 is 2.50 bits per heavy atom. The first kappa shape index (κ1) is 20.4. The van der Waals surface area contributed by atoms with Gasteiger partial charge in [0.1, 0.15) is 10.8 Å². The van der Waals surface area contributed by atoms with Gasteiger partial charge in [-0.2, -0.15) is 0 Å². The van der Waals surface area contributed by atoms with Gasteiger partial charge in [0, 0.05) is 10.2 Å². The van der Waals surface area contributed by atoms with Gasteiger partial charge in [0.25, 0.3) is 15.9 Å². The van der Waals surface area contributed by atoms with E-state index in [1.807, 2.05) is 6.92 Å². The maximum absolute atomic E-state index is 13.9. The smallest absolute Gasteiger partial charge is 0.263 e. The van der Waals surface area contributed by atoms with Crippen molar-refractivity contribution in [2.24, 2.45) is 0 Å². The molecule has 3 rings (SSSR count). The zero-order valence-electron chi connectivity index (χ0n) is 14.4. The molecule has 2 aromatic carbocycles. The number of carbonyl (C=O) groups excluding carboxylic acids is 1. The van der Waals surface area contributed by atoms with Gasteiger partial charge in [-0.15, -0.1) is 10.2 Å². The Morgan fingerprint density at radius 1 is 1.18 bits per heavy atom. The summed E-state index contributed by atoms with van der Waals surface area (Å²) in [5.41, 5.74) is 0.208. The van der Waals surface area contributed by atoms with Crippen LogP contribution in [0, 0.1) is 5.82 Å². The highest BCUT2D eigenvalue weighted by molar-refractivity contribution is 9.10. The highest BCUT2D eigenvalue weighted by Gasteiger charge is 2.17. The molecule has 0 fully saturated rings. The second-order valence-electron chi connectivity index (χ2n) is 5.56. The summed E-state index contributed by atoms with van der Waals surface area (Å²) in [4.78, 5) is 12.2. The molecule has 0 bridgehead atoms. The van der Waals surface area contributed by atoms with E-state index in [2.05, 4.69) is 36.2 Å². The average molecular weight is 485 g/mol. The first-order valence-electron chi connectivity index (χ1n) is 8.00. The molecule has 3 aromatic rings. The Hall–Kier alpha value is -2.37. The van der Waals surface area contributed by atoms with Gasteiger partial charge >= 0.3 is 0 Å². The lowest BCUT2D eigenvalue weighted by atomic mass is 10.2. The first-order chi connectivity index (χ1) is 13.3. The fraction of sp³-hybridized carbons (Fsp3) is 0.118. The molecule has 0 spiro atoms. The van der Waals surface area contributed by atoms with Crippen molar-refractivity contribution in [3.8, 4) is 0 Å². The van der Waals surface area contributed by atoms with Gasteiger partial charge in [0.15, 0.2) is 0 Å². The van der Waals surface area contributed by atoms with Crippen LogP contribution in [0.4, 0.5) is 15.2 Å². The van der Waals surface area contributed by atoms with Crippen LogP contribution < -0.4 is 10.0 Å². The lowest BCUT2D eigenvalue weighted by Gasteiger charge is -2.08. The summed E-state index contributed by atoms with van der Waals surface area (Å²) in [7, 11) is -3.84. The minimum Gasteiger partial charge on any atom is -0.322 e. The average Bonchev–Trinajstić information content (AvgIpc) is 3.09. The van der Waals surface area contributed by atoms with E-state index in [4.69, 9.17) is 0 Å². The van der Waals surface area contributed by atoms with E-state index in [1.54, 1.807) is 6.07 Å². The summed E-state index contributed by atoms with van der Waals surface area (Å²) in [5, 5.41) is 11.1. The molecule has 28 heavy (non-hydrogen) atoms. The third-order valence-electron chi connectivity index (χ3n) is 3.59. The van der Waals surface area contributed by atoms with Gasteiger partial charge in [0.2, 0.25) is 5.13 Å². The van der Waals surface area contributed by atoms with Crippen LogP contribution in [-0.4, -0.2) is 24.5 Å².